The van der Waals surface area contributed by atoms with E-state index in [1.807, 2.05) is 42.5 Å². The second kappa shape index (κ2) is 12.8. The number of hydrogen-bond acceptors (Lipinski definition) is 3. The van der Waals surface area contributed by atoms with E-state index in [1.165, 1.54) is 22.3 Å². The van der Waals surface area contributed by atoms with E-state index >= 15 is 0 Å². The first-order valence-corrected chi connectivity index (χ1v) is 18.4. The van der Waals surface area contributed by atoms with E-state index in [-0.39, 0.29) is 0 Å². The molecular weight excluding hydrogens is 669 g/mol. The number of anilines is 3. The number of nitriles is 2. The summed E-state index contributed by atoms with van der Waals surface area (Å²) in [5.74, 6) is 0. The van der Waals surface area contributed by atoms with Crippen molar-refractivity contribution in [3.63, 3.8) is 0 Å². The summed E-state index contributed by atoms with van der Waals surface area (Å²) < 4.78 is 2.19. The van der Waals surface area contributed by atoms with Gasteiger partial charge >= 0.3 is 0 Å². The van der Waals surface area contributed by atoms with Crippen LogP contribution < -0.4 is 4.90 Å². The van der Waals surface area contributed by atoms with E-state index in [0.717, 1.165) is 55.7 Å². The van der Waals surface area contributed by atoms with Gasteiger partial charge in [0, 0.05) is 22.0 Å². The summed E-state index contributed by atoms with van der Waals surface area (Å²) >= 11 is 0. The van der Waals surface area contributed by atoms with Crippen LogP contribution in [0.5, 0.6) is 0 Å². The summed E-state index contributed by atoms with van der Waals surface area (Å²) in [5, 5.41) is 22.4. The van der Waals surface area contributed by atoms with Crippen molar-refractivity contribution in [3.8, 4) is 29.0 Å². The lowest BCUT2D eigenvalue weighted by atomic mass is 9.62. The Balaban J connectivity index is 1.22. The molecular formula is C51H32N4. The van der Waals surface area contributed by atoms with Crippen molar-refractivity contribution in [1.82, 2.24) is 4.57 Å². The molecule has 0 saturated heterocycles. The van der Waals surface area contributed by atoms with Crippen LogP contribution in [0.15, 0.2) is 194 Å². The topological polar surface area (TPSA) is 55.8 Å². The maximum Gasteiger partial charge on any atom is 0.101 e. The van der Waals surface area contributed by atoms with Crippen LogP contribution in [0.25, 0.3) is 38.6 Å². The van der Waals surface area contributed by atoms with Crippen LogP contribution >= 0.6 is 0 Å². The Morgan fingerprint density at radius 2 is 1.05 bits per heavy atom. The molecule has 55 heavy (non-hydrogen) atoms. The van der Waals surface area contributed by atoms with Crippen molar-refractivity contribution < 1.29 is 0 Å². The quantitative estimate of drug-likeness (QED) is 0.180. The van der Waals surface area contributed by atoms with Gasteiger partial charge in [-0.2, -0.15) is 10.5 Å². The lowest BCUT2D eigenvalue weighted by molar-refractivity contribution is 0.731. The predicted octanol–water partition coefficient (Wildman–Crippen LogP) is 12.4. The van der Waals surface area contributed by atoms with Crippen molar-refractivity contribution in [2.24, 2.45) is 0 Å². The van der Waals surface area contributed by atoms with Gasteiger partial charge in [-0.25, -0.2) is 0 Å². The summed E-state index contributed by atoms with van der Waals surface area (Å²) in [7, 11) is 0. The molecule has 1 aromatic heterocycles. The molecule has 4 heteroatoms. The van der Waals surface area contributed by atoms with Gasteiger partial charge in [0.05, 0.1) is 50.7 Å². The molecule has 1 aliphatic heterocycles. The fraction of sp³-hybridized carbons (Fsp3) is 0.0196. The van der Waals surface area contributed by atoms with Crippen LogP contribution in [0.1, 0.15) is 33.4 Å². The van der Waals surface area contributed by atoms with Gasteiger partial charge < -0.3 is 9.47 Å². The molecule has 0 fully saturated rings. The fourth-order valence-corrected chi connectivity index (χ4v) is 8.89. The molecule has 2 heterocycles. The zero-order valence-electron chi connectivity index (χ0n) is 29.8. The molecule has 0 saturated carbocycles. The van der Waals surface area contributed by atoms with Crippen LogP contribution in [-0.4, -0.2) is 4.57 Å². The Bertz CT molecular complexity index is 2930. The third-order valence-electron chi connectivity index (χ3n) is 11.1. The van der Waals surface area contributed by atoms with Gasteiger partial charge in [-0.3, -0.25) is 0 Å². The molecule has 256 valence electrons. The minimum Gasteiger partial charge on any atom is -0.310 e. The Kier molecular flexibility index (Phi) is 7.44. The zero-order valence-corrected chi connectivity index (χ0v) is 29.8. The van der Waals surface area contributed by atoms with Gasteiger partial charge in [0.2, 0.25) is 0 Å². The molecule has 10 rings (SSSR count). The average Bonchev–Trinajstić information content (AvgIpc) is 3.59. The van der Waals surface area contributed by atoms with Crippen LogP contribution in [0.3, 0.4) is 0 Å². The molecule has 9 aromatic rings. The highest BCUT2D eigenvalue weighted by molar-refractivity contribution is 6.10. The lowest BCUT2D eigenvalue weighted by Crippen LogP contribution is -2.37. The smallest absolute Gasteiger partial charge is 0.101 e. The summed E-state index contributed by atoms with van der Waals surface area (Å²) in [6.45, 7) is 0. The molecule has 0 N–H and O–H groups in total. The molecule has 0 amide bonds. The number of aromatic nitrogens is 1. The Morgan fingerprint density at radius 1 is 0.455 bits per heavy atom. The number of hydrogen-bond donors (Lipinski definition) is 0. The molecule has 0 aliphatic carbocycles. The monoisotopic (exact) mass is 700 g/mol. The minimum absolute atomic E-state index is 0.555. The second-order valence-corrected chi connectivity index (χ2v) is 13.9. The lowest BCUT2D eigenvalue weighted by Gasteiger charge is -2.46. The van der Waals surface area contributed by atoms with E-state index in [2.05, 4.69) is 173 Å². The first kappa shape index (κ1) is 32.0. The summed E-state index contributed by atoms with van der Waals surface area (Å²) in [6.07, 6.45) is 0. The Morgan fingerprint density at radius 3 is 1.73 bits per heavy atom. The van der Waals surface area contributed by atoms with Crippen molar-refractivity contribution >= 4 is 38.9 Å². The third-order valence-corrected chi connectivity index (χ3v) is 11.1. The highest BCUT2D eigenvalue weighted by Crippen LogP contribution is 2.57. The number of benzene rings is 8. The molecule has 1 aliphatic rings. The van der Waals surface area contributed by atoms with Gasteiger partial charge in [0.15, 0.2) is 0 Å². The van der Waals surface area contributed by atoms with Gasteiger partial charge in [-0.1, -0.05) is 140 Å². The van der Waals surface area contributed by atoms with Gasteiger partial charge in [0.25, 0.3) is 0 Å². The van der Waals surface area contributed by atoms with E-state index in [4.69, 9.17) is 0 Å². The van der Waals surface area contributed by atoms with E-state index in [0.29, 0.717) is 11.1 Å². The molecule has 4 nitrogen and oxygen atoms in total. The molecule has 0 unspecified atom stereocenters. The van der Waals surface area contributed by atoms with Crippen molar-refractivity contribution in [1.29, 1.82) is 10.5 Å². The zero-order chi connectivity index (χ0) is 36.9. The van der Waals surface area contributed by atoms with Gasteiger partial charge in [-0.05, 0) is 82.4 Å². The fourth-order valence-electron chi connectivity index (χ4n) is 8.89. The van der Waals surface area contributed by atoms with E-state index in [1.54, 1.807) is 0 Å². The molecule has 0 bridgehead atoms. The number of nitrogens with zero attached hydrogens (tertiary/aromatic N) is 4. The van der Waals surface area contributed by atoms with E-state index in [9.17, 15) is 10.5 Å². The van der Waals surface area contributed by atoms with Crippen molar-refractivity contribution in [3.05, 3.63) is 228 Å². The molecule has 0 atom stereocenters. The Labute approximate surface area is 319 Å². The normalized spacial score (nSPS) is 12.8. The number of fused-ring (bicyclic) bond motifs is 5. The summed E-state index contributed by atoms with van der Waals surface area (Å²) in [6, 6.07) is 72.6. The summed E-state index contributed by atoms with van der Waals surface area (Å²) in [4.78, 5) is 2.38. The number of para-hydroxylation sites is 4. The van der Waals surface area contributed by atoms with E-state index < -0.39 is 5.41 Å². The van der Waals surface area contributed by atoms with Gasteiger partial charge in [0.1, 0.15) is 6.07 Å². The molecule has 0 radical (unpaired) electrons. The minimum atomic E-state index is -0.555. The van der Waals surface area contributed by atoms with Crippen LogP contribution in [0.4, 0.5) is 17.1 Å². The standard InChI is InChI=1S/C51H32N4/c52-33-35-29-30-47-43(31-35)42-22-7-10-26-46(42)55(47)50-37(34-53)16-14-23-41(50)36-15-13-21-40(32-36)54-48-27-11-8-24-44(48)51(38-17-3-1-4-18-38,39-19-5-2-6-20-39)45-25-9-12-28-49(45)54/h1-32H. The highest BCUT2D eigenvalue weighted by Gasteiger charge is 2.46. The highest BCUT2D eigenvalue weighted by atomic mass is 15.2. The first-order valence-electron chi connectivity index (χ1n) is 18.4. The molecule has 0 spiro atoms. The van der Waals surface area contributed by atoms with Crippen molar-refractivity contribution in [2.75, 3.05) is 4.90 Å². The van der Waals surface area contributed by atoms with Gasteiger partial charge in [-0.15, -0.1) is 0 Å². The summed E-state index contributed by atoms with van der Waals surface area (Å²) in [5.41, 5.74) is 13.3. The Hall–Kier alpha value is -7.66. The second-order valence-electron chi connectivity index (χ2n) is 13.9. The van der Waals surface area contributed by atoms with Crippen LogP contribution in [0, 0.1) is 22.7 Å². The van der Waals surface area contributed by atoms with Crippen molar-refractivity contribution in [2.45, 2.75) is 5.41 Å². The number of rotatable bonds is 5. The largest absolute Gasteiger partial charge is 0.310 e. The van der Waals surface area contributed by atoms with Crippen LogP contribution in [-0.2, 0) is 5.41 Å². The average molecular weight is 701 g/mol. The maximum atomic E-state index is 10.6. The molecule has 8 aromatic carbocycles. The maximum absolute atomic E-state index is 10.6. The van der Waals surface area contributed by atoms with Crippen LogP contribution in [0.2, 0.25) is 0 Å². The first-order chi connectivity index (χ1) is 27.2. The third kappa shape index (κ3) is 4.76. The predicted molar refractivity (Wildman–Crippen MR) is 222 cm³/mol. The SMILES string of the molecule is N#Cc1ccc2c(c1)c1ccccc1n2-c1c(C#N)cccc1-c1cccc(N2c3ccccc3C(c3ccccc3)(c3ccccc3)c3ccccc32)c1.